The van der Waals surface area contributed by atoms with Crippen LogP contribution in [-0.4, -0.2) is 35.2 Å². The van der Waals surface area contributed by atoms with Crippen molar-refractivity contribution in [2.75, 3.05) is 13.2 Å². The predicted molar refractivity (Wildman–Crippen MR) is 77.4 cm³/mol. The monoisotopic (exact) mass is 274 g/mol. The molecule has 0 aromatic heterocycles. The fourth-order valence-electron chi connectivity index (χ4n) is 3.52. The van der Waals surface area contributed by atoms with E-state index in [4.69, 9.17) is 0 Å². The molecule has 1 aliphatic heterocycles. The molecule has 3 unspecified atom stereocenters. The van der Waals surface area contributed by atoms with Crippen LogP contribution in [0.3, 0.4) is 0 Å². The highest BCUT2D eigenvalue weighted by atomic mass is 16.3. The number of aliphatic hydroxyl groups excluding tert-OH is 1. The quantitative estimate of drug-likeness (QED) is 0.867. The van der Waals surface area contributed by atoms with E-state index in [9.17, 15) is 9.90 Å². The van der Waals surface area contributed by atoms with Gasteiger partial charge in [-0.05, 0) is 36.3 Å². The van der Waals surface area contributed by atoms with Crippen LogP contribution >= 0.6 is 0 Å². The zero-order chi connectivity index (χ0) is 14.1. The maximum atomic E-state index is 12.4. The molecule has 1 heterocycles. The minimum Gasteiger partial charge on any atom is -0.394 e. The van der Waals surface area contributed by atoms with Crippen molar-refractivity contribution in [3.63, 3.8) is 0 Å². The third-order valence-electron chi connectivity index (χ3n) is 4.63. The highest BCUT2D eigenvalue weighted by Crippen LogP contribution is 2.35. The smallest absolute Gasteiger partial charge is 0.318 e. The number of hydrogen-bond donors (Lipinski definition) is 2. The van der Waals surface area contributed by atoms with Crippen molar-refractivity contribution in [3.05, 3.63) is 35.4 Å². The molecule has 1 saturated heterocycles. The average Bonchev–Trinajstić information content (AvgIpc) is 3.04. The van der Waals surface area contributed by atoms with Gasteiger partial charge >= 0.3 is 6.03 Å². The molecular weight excluding hydrogens is 252 g/mol. The van der Waals surface area contributed by atoms with Gasteiger partial charge in [0.05, 0.1) is 18.7 Å². The minimum absolute atomic E-state index is 0.0121. The van der Waals surface area contributed by atoms with E-state index in [2.05, 4.69) is 30.4 Å². The van der Waals surface area contributed by atoms with E-state index in [0.717, 1.165) is 25.8 Å². The molecule has 1 fully saturated rings. The maximum Gasteiger partial charge on any atom is 0.318 e. The summed E-state index contributed by atoms with van der Waals surface area (Å²) in [5, 5.41) is 12.5. The third-order valence-corrected chi connectivity index (χ3v) is 4.63. The number of aliphatic hydroxyl groups is 1. The second kappa shape index (κ2) is 5.44. The molecule has 0 radical (unpaired) electrons. The third kappa shape index (κ3) is 2.29. The number of benzene rings is 1. The van der Waals surface area contributed by atoms with Crippen LogP contribution in [0.1, 0.15) is 36.9 Å². The number of nitrogens with zero attached hydrogens (tertiary/aromatic N) is 1. The number of carbonyl (C=O) groups excluding carboxylic acids is 1. The molecule has 3 rings (SSSR count). The van der Waals surface area contributed by atoms with Gasteiger partial charge < -0.3 is 15.3 Å². The van der Waals surface area contributed by atoms with Crippen LogP contribution in [0.2, 0.25) is 0 Å². The highest BCUT2D eigenvalue weighted by Gasteiger charge is 2.34. The number of amides is 2. The zero-order valence-electron chi connectivity index (χ0n) is 11.9. The molecule has 0 saturated carbocycles. The molecule has 2 aliphatic rings. The largest absolute Gasteiger partial charge is 0.394 e. The van der Waals surface area contributed by atoms with Gasteiger partial charge in [0, 0.05) is 6.54 Å². The Balaban J connectivity index is 1.73. The fraction of sp³-hybridized carbons (Fsp3) is 0.562. The molecule has 20 heavy (non-hydrogen) atoms. The van der Waals surface area contributed by atoms with Crippen molar-refractivity contribution in [1.82, 2.24) is 10.2 Å². The summed E-state index contributed by atoms with van der Waals surface area (Å²) < 4.78 is 0. The first-order valence-corrected chi connectivity index (χ1v) is 7.46. The van der Waals surface area contributed by atoms with Crippen LogP contribution in [0.5, 0.6) is 0 Å². The fourth-order valence-corrected chi connectivity index (χ4v) is 3.52. The van der Waals surface area contributed by atoms with E-state index in [-0.39, 0.29) is 24.7 Å². The number of nitrogens with one attached hydrogen (secondary N) is 1. The van der Waals surface area contributed by atoms with Crippen LogP contribution in [0.4, 0.5) is 4.79 Å². The summed E-state index contributed by atoms with van der Waals surface area (Å²) in [6.45, 7) is 2.99. The van der Waals surface area contributed by atoms with Crippen molar-refractivity contribution in [2.45, 2.75) is 38.3 Å². The predicted octanol–water partition coefficient (Wildman–Crippen LogP) is 2.09. The Bertz CT molecular complexity index is 503. The first-order chi connectivity index (χ1) is 9.70. The van der Waals surface area contributed by atoms with Crippen LogP contribution in [0, 0.1) is 5.92 Å². The Labute approximate surface area is 119 Å². The van der Waals surface area contributed by atoms with E-state index in [1.54, 1.807) is 4.90 Å². The summed E-state index contributed by atoms with van der Waals surface area (Å²) in [5.74, 6) is 0.423. The van der Waals surface area contributed by atoms with E-state index >= 15 is 0 Å². The van der Waals surface area contributed by atoms with Gasteiger partial charge in [0.15, 0.2) is 0 Å². The summed E-state index contributed by atoms with van der Waals surface area (Å²) in [6, 6.07) is 8.39. The minimum atomic E-state index is -0.0323. The Morgan fingerprint density at radius 2 is 2.25 bits per heavy atom. The number of fused-ring (bicyclic) bond motifs is 1. The molecule has 1 aromatic rings. The Kier molecular flexibility index (Phi) is 3.66. The lowest BCUT2D eigenvalue weighted by atomic mass is 10.0. The SMILES string of the molecule is CC1Cc2ccccc2C1NC(=O)N1CCCC1CO. The van der Waals surface area contributed by atoms with Crippen molar-refractivity contribution >= 4 is 6.03 Å². The molecule has 108 valence electrons. The summed E-state index contributed by atoms with van der Waals surface area (Å²) >= 11 is 0. The Morgan fingerprint density at radius 1 is 1.45 bits per heavy atom. The van der Waals surface area contributed by atoms with E-state index < -0.39 is 0 Å². The van der Waals surface area contributed by atoms with Gasteiger partial charge in [-0.3, -0.25) is 0 Å². The molecule has 2 amide bonds. The lowest BCUT2D eigenvalue weighted by Gasteiger charge is -2.27. The second-order valence-electron chi connectivity index (χ2n) is 5.98. The first kappa shape index (κ1) is 13.4. The number of carbonyl (C=O) groups is 1. The molecule has 0 spiro atoms. The average molecular weight is 274 g/mol. The van der Waals surface area contributed by atoms with Gasteiger partial charge in [0.2, 0.25) is 0 Å². The van der Waals surface area contributed by atoms with Crippen LogP contribution in [0.15, 0.2) is 24.3 Å². The topological polar surface area (TPSA) is 52.6 Å². The summed E-state index contributed by atoms with van der Waals surface area (Å²) in [4.78, 5) is 14.2. The molecule has 1 aliphatic carbocycles. The second-order valence-corrected chi connectivity index (χ2v) is 5.98. The van der Waals surface area contributed by atoms with Gasteiger partial charge in [0.25, 0.3) is 0 Å². The number of hydrogen-bond acceptors (Lipinski definition) is 2. The molecule has 3 atom stereocenters. The number of rotatable bonds is 2. The van der Waals surface area contributed by atoms with E-state index in [1.165, 1.54) is 11.1 Å². The van der Waals surface area contributed by atoms with Gasteiger partial charge in [-0.1, -0.05) is 31.2 Å². The van der Waals surface area contributed by atoms with Crippen molar-refractivity contribution in [3.8, 4) is 0 Å². The zero-order valence-corrected chi connectivity index (χ0v) is 11.9. The summed E-state index contributed by atoms with van der Waals surface area (Å²) in [7, 11) is 0. The molecule has 4 nitrogen and oxygen atoms in total. The van der Waals surface area contributed by atoms with Crippen LogP contribution < -0.4 is 5.32 Å². The number of likely N-dealkylation sites (tertiary alicyclic amines) is 1. The highest BCUT2D eigenvalue weighted by molar-refractivity contribution is 5.75. The van der Waals surface area contributed by atoms with Gasteiger partial charge in [-0.2, -0.15) is 0 Å². The van der Waals surface area contributed by atoms with Crippen molar-refractivity contribution < 1.29 is 9.90 Å². The summed E-state index contributed by atoms with van der Waals surface area (Å²) in [6.07, 6.45) is 2.90. The van der Waals surface area contributed by atoms with Crippen LogP contribution in [0.25, 0.3) is 0 Å². The normalized spacial score (nSPS) is 28.5. The summed E-state index contributed by atoms with van der Waals surface area (Å²) in [5.41, 5.74) is 2.58. The van der Waals surface area contributed by atoms with Crippen molar-refractivity contribution in [1.29, 1.82) is 0 Å². The van der Waals surface area contributed by atoms with Crippen LogP contribution in [-0.2, 0) is 6.42 Å². The molecular formula is C16H22N2O2. The van der Waals surface area contributed by atoms with Crippen molar-refractivity contribution in [2.24, 2.45) is 5.92 Å². The number of urea groups is 1. The van der Waals surface area contributed by atoms with Gasteiger partial charge in [-0.25, -0.2) is 4.79 Å². The Hall–Kier alpha value is -1.55. The molecule has 2 N–H and O–H groups in total. The van der Waals surface area contributed by atoms with Gasteiger partial charge in [0.1, 0.15) is 0 Å². The van der Waals surface area contributed by atoms with Gasteiger partial charge in [-0.15, -0.1) is 0 Å². The first-order valence-electron chi connectivity index (χ1n) is 7.46. The van der Waals surface area contributed by atoms with E-state index in [1.807, 2.05) is 6.07 Å². The Morgan fingerprint density at radius 3 is 3.05 bits per heavy atom. The maximum absolute atomic E-state index is 12.4. The molecule has 0 bridgehead atoms. The molecule has 4 heteroatoms. The lowest BCUT2D eigenvalue weighted by molar-refractivity contribution is 0.153. The lowest BCUT2D eigenvalue weighted by Crippen LogP contribution is -2.45. The molecule has 1 aromatic carbocycles. The van der Waals surface area contributed by atoms with E-state index in [0.29, 0.717) is 5.92 Å². The standard InChI is InChI=1S/C16H22N2O2/c1-11-9-12-5-2-3-7-14(12)15(11)17-16(20)18-8-4-6-13(18)10-19/h2-3,5,7,11,13,15,19H,4,6,8-10H2,1H3,(H,17,20).